The molecule has 0 amide bonds. The predicted octanol–water partition coefficient (Wildman–Crippen LogP) is 6.58. The number of hydrogen-bond acceptors (Lipinski definition) is 0. The summed E-state index contributed by atoms with van der Waals surface area (Å²) in [7, 11) is 0. The molecule has 0 aliphatic rings. The number of allylic oxidation sites excluding steroid dienone is 6. The van der Waals surface area contributed by atoms with Crippen molar-refractivity contribution in [1.29, 1.82) is 0 Å². The second kappa shape index (κ2) is 6.16. The number of hydrogen-bond donors (Lipinski definition) is 0. The predicted molar refractivity (Wildman–Crippen MR) is 93.8 cm³/mol. The molecule has 0 bridgehead atoms. The van der Waals surface area contributed by atoms with Gasteiger partial charge in [0.15, 0.2) is 0 Å². The molecule has 114 valence electrons. The van der Waals surface area contributed by atoms with Crippen LogP contribution in [0.2, 0.25) is 0 Å². The van der Waals surface area contributed by atoms with Crippen molar-refractivity contribution in [2.75, 3.05) is 0 Å². The molecule has 0 heteroatoms. The minimum absolute atomic E-state index is 0.0391. The van der Waals surface area contributed by atoms with Crippen molar-refractivity contribution in [2.45, 2.75) is 55.4 Å². The Kier molecular flexibility index (Phi) is 5.84. The first-order valence-electron chi connectivity index (χ1n) is 7.47. The van der Waals surface area contributed by atoms with E-state index in [0.717, 1.165) is 0 Å². The quantitative estimate of drug-likeness (QED) is 0.460. The summed E-state index contributed by atoms with van der Waals surface area (Å²) >= 11 is 0. The molecule has 0 saturated carbocycles. The third-order valence-electron chi connectivity index (χ3n) is 4.57. The van der Waals surface area contributed by atoms with E-state index in [9.17, 15) is 0 Å². The lowest BCUT2D eigenvalue weighted by molar-refractivity contribution is 0.229. The van der Waals surface area contributed by atoms with Gasteiger partial charge in [-0.15, -0.1) is 13.2 Å². The topological polar surface area (TPSA) is 0 Å². The monoisotopic (exact) mass is 274 g/mol. The summed E-state index contributed by atoms with van der Waals surface area (Å²) in [4.78, 5) is 0. The van der Waals surface area contributed by atoms with Gasteiger partial charge < -0.3 is 0 Å². The first kappa shape index (κ1) is 19.0. The van der Waals surface area contributed by atoms with Gasteiger partial charge in [-0.2, -0.15) is 0 Å². The van der Waals surface area contributed by atoms with Crippen LogP contribution in [0.15, 0.2) is 49.6 Å². The molecule has 0 atom stereocenters. The van der Waals surface area contributed by atoms with E-state index in [2.05, 4.69) is 92.9 Å². The van der Waals surface area contributed by atoms with Crippen molar-refractivity contribution >= 4 is 0 Å². The molecule has 20 heavy (non-hydrogen) atoms. The summed E-state index contributed by atoms with van der Waals surface area (Å²) in [6, 6.07) is 0. The van der Waals surface area contributed by atoms with Gasteiger partial charge in [-0.05, 0) is 10.8 Å². The maximum Gasteiger partial charge on any atom is 0.000194 e. The minimum Gasteiger partial charge on any atom is -0.102 e. The summed E-state index contributed by atoms with van der Waals surface area (Å²) in [5, 5.41) is 0. The van der Waals surface area contributed by atoms with E-state index in [-0.39, 0.29) is 21.7 Å². The highest BCUT2D eigenvalue weighted by Crippen LogP contribution is 2.42. The van der Waals surface area contributed by atoms with E-state index < -0.39 is 0 Å². The van der Waals surface area contributed by atoms with E-state index in [0.29, 0.717) is 0 Å². The molecular weight excluding hydrogens is 240 g/mol. The molecular formula is C20H34. The van der Waals surface area contributed by atoms with Gasteiger partial charge >= 0.3 is 0 Å². The Morgan fingerprint density at radius 3 is 0.950 bits per heavy atom. The van der Waals surface area contributed by atoms with Gasteiger partial charge in [-0.1, -0.05) is 91.8 Å². The zero-order chi connectivity index (χ0) is 16.2. The Bertz CT molecular complexity index is 358. The van der Waals surface area contributed by atoms with Crippen LogP contribution in [0.3, 0.4) is 0 Å². The fraction of sp³-hybridized carbons (Fsp3) is 0.600. The van der Waals surface area contributed by atoms with Crippen molar-refractivity contribution in [3.8, 4) is 0 Å². The Balaban J connectivity index is 5.27. The lowest BCUT2D eigenvalue weighted by Crippen LogP contribution is -2.29. The van der Waals surface area contributed by atoms with Crippen LogP contribution >= 0.6 is 0 Å². The lowest BCUT2D eigenvalue weighted by atomic mass is 9.66. The first-order chi connectivity index (χ1) is 8.79. The van der Waals surface area contributed by atoms with Crippen LogP contribution in [0.25, 0.3) is 0 Å². The van der Waals surface area contributed by atoms with E-state index in [1.165, 1.54) is 0 Å². The second-order valence-corrected chi connectivity index (χ2v) is 8.16. The zero-order valence-corrected chi connectivity index (χ0v) is 14.9. The summed E-state index contributed by atoms with van der Waals surface area (Å²) in [5.41, 5.74) is 0.219. The van der Waals surface area contributed by atoms with Crippen molar-refractivity contribution < 1.29 is 0 Å². The van der Waals surface area contributed by atoms with Gasteiger partial charge in [-0.3, -0.25) is 0 Å². The highest BCUT2D eigenvalue weighted by molar-refractivity contribution is 5.17. The van der Waals surface area contributed by atoms with Crippen molar-refractivity contribution in [2.24, 2.45) is 21.7 Å². The molecule has 0 aromatic rings. The van der Waals surface area contributed by atoms with Gasteiger partial charge in [0.05, 0.1) is 0 Å². The van der Waals surface area contributed by atoms with Crippen LogP contribution in [0.1, 0.15) is 55.4 Å². The zero-order valence-electron chi connectivity index (χ0n) is 14.9. The van der Waals surface area contributed by atoms with Crippen LogP contribution in [-0.2, 0) is 0 Å². The average molecular weight is 274 g/mol. The highest BCUT2D eigenvalue weighted by atomic mass is 14.4. The normalized spacial score (nSPS) is 15.0. The molecule has 0 saturated heterocycles. The summed E-state index contributed by atoms with van der Waals surface area (Å²) < 4.78 is 0. The van der Waals surface area contributed by atoms with Crippen LogP contribution in [-0.4, -0.2) is 0 Å². The Morgan fingerprint density at radius 1 is 0.500 bits per heavy atom. The summed E-state index contributed by atoms with van der Waals surface area (Å²) in [5.74, 6) is 0. The van der Waals surface area contributed by atoms with Gasteiger partial charge in [0.1, 0.15) is 0 Å². The SMILES string of the molecule is C=CC(C)(C)C=CC(C)(C)C(C)(C)C=CC(C)(C)C=C. The maximum absolute atomic E-state index is 3.90. The molecule has 0 fully saturated rings. The third kappa shape index (κ3) is 5.53. The molecule has 0 aromatic heterocycles. The van der Waals surface area contributed by atoms with Gasteiger partial charge in [0.2, 0.25) is 0 Å². The molecule has 0 rings (SSSR count). The third-order valence-corrected chi connectivity index (χ3v) is 4.57. The van der Waals surface area contributed by atoms with E-state index in [4.69, 9.17) is 0 Å². The smallest absolute Gasteiger partial charge is 0.000194 e. The van der Waals surface area contributed by atoms with Crippen LogP contribution in [0, 0.1) is 21.7 Å². The fourth-order valence-electron chi connectivity index (χ4n) is 1.41. The molecule has 0 aliphatic heterocycles. The van der Waals surface area contributed by atoms with Crippen LogP contribution in [0.5, 0.6) is 0 Å². The Labute approximate surface area is 127 Å². The van der Waals surface area contributed by atoms with Crippen molar-refractivity contribution in [3.05, 3.63) is 49.6 Å². The second-order valence-electron chi connectivity index (χ2n) is 8.16. The van der Waals surface area contributed by atoms with Crippen LogP contribution in [0.4, 0.5) is 0 Å². The maximum atomic E-state index is 3.90. The minimum atomic E-state index is 0.0391. The molecule has 0 nitrogen and oxygen atoms in total. The van der Waals surface area contributed by atoms with E-state index in [1.807, 2.05) is 12.2 Å². The molecule has 0 N–H and O–H groups in total. The number of rotatable bonds is 7. The molecule has 0 unspecified atom stereocenters. The van der Waals surface area contributed by atoms with Crippen molar-refractivity contribution in [3.63, 3.8) is 0 Å². The van der Waals surface area contributed by atoms with Crippen LogP contribution < -0.4 is 0 Å². The standard InChI is InChI=1S/C20H34/c1-11-17(3,4)13-15-19(7,8)20(9,10)16-14-18(5,6)12-2/h11-16H,1-2H2,3-10H3. The molecule has 0 radical (unpaired) electrons. The van der Waals surface area contributed by atoms with Gasteiger partial charge in [0.25, 0.3) is 0 Å². The molecule has 0 aliphatic carbocycles. The molecule has 0 heterocycles. The van der Waals surface area contributed by atoms with E-state index in [1.54, 1.807) is 0 Å². The largest absolute Gasteiger partial charge is 0.102 e. The fourth-order valence-corrected chi connectivity index (χ4v) is 1.41. The Hall–Kier alpha value is -1.04. The summed E-state index contributed by atoms with van der Waals surface area (Å²) in [6.45, 7) is 25.6. The van der Waals surface area contributed by atoms with Crippen molar-refractivity contribution in [1.82, 2.24) is 0 Å². The highest BCUT2D eigenvalue weighted by Gasteiger charge is 2.33. The van der Waals surface area contributed by atoms with Gasteiger partial charge in [-0.25, -0.2) is 0 Å². The molecule has 0 spiro atoms. The van der Waals surface area contributed by atoms with Gasteiger partial charge in [0, 0.05) is 10.8 Å². The first-order valence-corrected chi connectivity index (χ1v) is 7.47. The Morgan fingerprint density at radius 2 is 0.750 bits per heavy atom. The molecule has 0 aromatic carbocycles. The summed E-state index contributed by atoms with van der Waals surface area (Å²) in [6.07, 6.45) is 13.1. The lowest BCUT2D eigenvalue weighted by Gasteiger charge is -2.38. The van der Waals surface area contributed by atoms with E-state index >= 15 is 0 Å². The average Bonchev–Trinajstić information content (AvgIpc) is 2.34.